The smallest absolute Gasteiger partial charge is 0.157 e. The molecule has 0 bridgehead atoms. The zero-order valence-corrected chi connectivity index (χ0v) is 19.8. The third-order valence-electron chi connectivity index (χ3n) is 10.4. The summed E-state index contributed by atoms with van der Waals surface area (Å²) in [4.78, 5) is 13.6. The summed E-state index contributed by atoms with van der Waals surface area (Å²) < 4.78 is 15.2. The molecule has 0 unspecified atom stereocenters. The van der Waals surface area contributed by atoms with Crippen molar-refractivity contribution in [3.05, 3.63) is 24.0 Å². The number of aliphatic hydroxyl groups is 1. The standard InChI is InChI=1S/C27H36FN3O2/c1-26(33)11-9-18-16(14-26)3-5-20-19(18)10-12-27(2)21(20)6-7-22(27)25(32)15-31-24-8-4-17(28)13-23(24)29-30-31/h4,8,13,16,18-22,33H,3,5-7,9-12,14-15H2,1-2H3/t16-,18+,19-,20-,21+,22-,26-,27+/m1/s1. The third kappa shape index (κ3) is 3.46. The lowest BCUT2D eigenvalue weighted by molar-refractivity contribution is -0.133. The second-order valence-electron chi connectivity index (χ2n) is 12.2. The van der Waals surface area contributed by atoms with Crippen LogP contribution in [-0.2, 0) is 11.3 Å². The van der Waals surface area contributed by atoms with E-state index in [-0.39, 0.29) is 29.5 Å². The lowest BCUT2D eigenvalue weighted by atomic mass is 9.49. The quantitative estimate of drug-likeness (QED) is 0.697. The molecule has 178 valence electrons. The molecule has 1 aromatic carbocycles. The van der Waals surface area contributed by atoms with Gasteiger partial charge in [0.1, 0.15) is 17.9 Å². The van der Waals surface area contributed by atoms with E-state index in [9.17, 15) is 14.3 Å². The molecule has 1 N–H and O–H groups in total. The monoisotopic (exact) mass is 453 g/mol. The van der Waals surface area contributed by atoms with E-state index >= 15 is 0 Å². The molecule has 2 aromatic rings. The molecule has 4 aliphatic carbocycles. The summed E-state index contributed by atoms with van der Waals surface area (Å²) in [6.45, 7) is 4.63. The molecule has 0 radical (unpaired) electrons. The molecular weight excluding hydrogens is 417 g/mol. The van der Waals surface area contributed by atoms with Gasteiger partial charge in [-0.3, -0.25) is 4.79 Å². The van der Waals surface area contributed by atoms with Crippen LogP contribution in [0.3, 0.4) is 0 Å². The topological polar surface area (TPSA) is 68.0 Å². The van der Waals surface area contributed by atoms with Crippen molar-refractivity contribution in [2.45, 2.75) is 83.8 Å². The maximum atomic E-state index is 13.6. The van der Waals surface area contributed by atoms with Gasteiger partial charge in [0.15, 0.2) is 5.78 Å². The number of nitrogens with zero attached hydrogens (tertiary/aromatic N) is 3. The summed E-state index contributed by atoms with van der Waals surface area (Å²) in [6.07, 6.45) is 10.1. The summed E-state index contributed by atoms with van der Waals surface area (Å²) in [5, 5.41) is 18.8. The molecule has 4 fully saturated rings. The molecule has 33 heavy (non-hydrogen) atoms. The number of hydrogen-bond acceptors (Lipinski definition) is 4. The predicted octanol–water partition coefficient (Wildman–Crippen LogP) is 5.16. The number of carbonyl (C=O) groups excluding carboxylic acids is 1. The van der Waals surface area contributed by atoms with Crippen molar-refractivity contribution < 1.29 is 14.3 Å². The van der Waals surface area contributed by atoms with Gasteiger partial charge in [0.25, 0.3) is 0 Å². The molecule has 0 spiro atoms. The SMILES string of the molecule is C[C@@]1(O)CC[C@H]2[C@H](CC[C@@H]3[C@@H]2CC[C@]2(C)[C@@H](C(=O)Cn4nnc5cc(F)ccc54)CC[C@@H]32)C1. The van der Waals surface area contributed by atoms with Crippen molar-refractivity contribution >= 4 is 16.8 Å². The van der Waals surface area contributed by atoms with Gasteiger partial charge in [-0.1, -0.05) is 12.1 Å². The molecule has 5 nitrogen and oxygen atoms in total. The average molecular weight is 454 g/mol. The molecule has 6 rings (SSSR count). The molecule has 1 heterocycles. The Balaban J connectivity index is 1.19. The van der Waals surface area contributed by atoms with Gasteiger partial charge in [-0.05, 0) is 112 Å². The van der Waals surface area contributed by atoms with Gasteiger partial charge in [-0.25, -0.2) is 9.07 Å². The Bertz CT molecular complexity index is 1080. The van der Waals surface area contributed by atoms with Gasteiger partial charge < -0.3 is 5.11 Å². The first-order chi connectivity index (χ1) is 15.7. The van der Waals surface area contributed by atoms with Crippen molar-refractivity contribution in [2.24, 2.45) is 40.9 Å². The van der Waals surface area contributed by atoms with Gasteiger partial charge in [-0.2, -0.15) is 0 Å². The maximum absolute atomic E-state index is 13.6. The van der Waals surface area contributed by atoms with Crippen molar-refractivity contribution in [2.75, 3.05) is 0 Å². The normalized spacial score (nSPS) is 42.5. The number of fused-ring (bicyclic) bond motifs is 6. The van der Waals surface area contributed by atoms with Crippen LogP contribution in [0.5, 0.6) is 0 Å². The number of halogens is 1. The Morgan fingerprint density at radius 3 is 2.76 bits per heavy atom. The van der Waals surface area contributed by atoms with Crippen LogP contribution in [0.4, 0.5) is 4.39 Å². The van der Waals surface area contributed by atoms with Crippen LogP contribution in [0, 0.1) is 46.7 Å². The lowest BCUT2D eigenvalue weighted by Crippen LogP contribution is -2.51. The first kappa shape index (κ1) is 21.7. The molecule has 0 saturated heterocycles. The number of hydrogen-bond donors (Lipinski definition) is 1. The number of rotatable bonds is 3. The van der Waals surface area contributed by atoms with E-state index in [1.165, 1.54) is 37.8 Å². The van der Waals surface area contributed by atoms with E-state index < -0.39 is 5.60 Å². The number of Topliss-reactive ketones (excluding diaryl/α,β-unsaturated/α-hetero) is 1. The van der Waals surface area contributed by atoms with Gasteiger partial charge in [0.05, 0.1) is 11.1 Å². The Morgan fingerprint density at radius 2 is 1.91 bits per heavy atom. The number of aromatic nitrogens is 3. The first-order valence-electron chi connectivity index (χ1n) is 13.0. The predicted molar refractivity (Wildman–Crippen MR) is 124 cm³/mol. The number of carbonyl (C=O) groups is 1. The van der Waals surface area contributed by atoms with Crippen LogP contribution in [-0.4, -0.2) is 31.5 Å². The molecular formula is C27H36FN3O2. The van der Waals surface area contributed by atoms with Crippen LogP contribution in [0.2, 0.25) is 0 Å². The molecule has 6 heteroatoms. The second kappa shape index (κ2) is 7.59. The number of benzene rings is 1. The van der Waals surface area contributed by atoms with Gasteiger partial charge in [0.2, 0.25) is 0 Å². The van der Waals surface area contributed by atoms with E-state index in [1.807, 2.05) is 6.92 Å². The Morgan fingerprint density at radius 1 is 1.09 bits per heavy atom. The summed E-state index contributed by atoms with van der Waals surface area (Å²) >= 11 is 0. The van der Waals surface area contributed by atoms with E-state index in [4.69, 9.17) is 0 Å². The molecule has 1 aromatic heterocycles. The zero-order chi connectivity index (χ0) is 23.0. The highest BCUT2D eigenvalue weighted by molar-refractivity contribution is 5.84. The highest BCUT2D eigenvalue weighted by Gasteiger charge is 2.58. The van der Waals surface area contributed by atoms with Crippen molar-refractivity contribution in [1.82, 2.24) is 15.0 Å². The Kier molecular flexibility index (Phi) is 4.99. The van der Waals surface area contributed by atoms with E-state index in [0.717, 1.165) is 55.4 Å². The fraction of sp³-hybridized carbons (Fsp3) is 0.741. The van der Waals surface area contributed by atoms with Crippen LogP contribution < -0.4 is 0 Å². The highest BCUT2D eigenvalue weighted by atomic mass is 19.1. The van der Waals surface area contributed by atoms with E-state index in [1.54, 1.807) is 10.7 Å². The van der Waals surface area contributed by atoms with Crippen LogP contribution in [0.1, 0.15) is 71.6 Å². The summed E-state index contributed by atoms with van der Waals surface area (Å²) in [6, 6.07) is 4.45. The first-order valence-corrected chi connectivity index (χ1v) is 13.0. The zero-order valence-electron chi connectivity index (χ0n) is 19.8. The Labute approximate surface area is 195 Å². The van der Waals surface area contributed by atoms with E-state index in [2.05, 4.69) is 17.2 Å². The lowest BCUT2D eigenvalue weighted by Gasteiger charge is -2.56. The molecule has 4 aliphatic rings. The maximum Gasteiger partial charge on any atom is 0.157 e. The molecule has 4 saturated carbocycles. The van der Waals surface area contributed by atoms with Crippen molar-refractivity contribution in [3.8, 4) is 0 Å². The minimum Gasteiger partial charge on any atom is -0.390 e. The molecule has 0 aliphatic heterocycles. The fourth-order valence-corrected chi connectivity index (χ4v) is 8.93. The largest absolute Gasteiger partial charge is 0.390 e. The summed E-state index contributed by atoms with van der Waals surface area (Å²) in [5.41, 5.74) is 0.828. The minimum atomic E-state index is -0.473. The van der Waals surface area contributed by atoms with E-state index in [0.29, 0.717) is 17.4 Å². The highest BCUT2D eigenvalue weighted by Crippen LogP contribution is 2.64. The van der Waals surface area contributed by atoms with Gasteiger partial charge in [-0.15, -0.1) is 5.10 Å². The fourth-order valence-electron chi connectivity index (χ4n) is 8.93. The minimum absolute atomic E-state index is 0.0768. The van der Waals surface area contributed by atoms with Gasteiger partial charge >= 0.3 is 0 Å². The summed E-state index contributed by atoms with van der Waals surface area (Å²) in [5.74, 6) is 3.61. The third-order valence-corrected chi connectivity index (χ3v) is 10.4. The number of ketones is 1. The van der Waals surface area contributed by atoms with Crippen molar-refractivity contribution in [1.29, 1.82) is 0 Å². The average Bonchev–Trinajstić information content (AvgIpc) is 3.32. The van der Waals surface area contributed by atoms with Crippen molar-refractivity contribution in [3.63, 3.8) is 0 Å². The van der Waals surface area contributed by atoms with Crippen LogP contribution in [0.25, 0.3) is 11.0 Å². The Hall–Kier alpha value is -1.82. The molecule has 8 atom stereocenters. The van der Waals surface area contributed by atoms with Crippen LogP contribution >= 0.6 is 0 Å². The second-order valence-corrected chi connectivity index (χ2v) is 12.2. The molecule has 0 amide bonds. The van der Waals surface area contributed by atoms with Crippen LogP contribution in [0.15, 0.2) is 18.2 Å². The van der Waals surface area contributed by atoms with Gasteiger partial charge in [0, 0.05) is 12.0 Å². The summed E-state index contributed by atoms with van der Waals surface area (Å²) in [7, 11) is 0.